The molecule has 5 unspecified atom stereocenters. The van der Waals surface area contributed by atoms with E-state index in [4.69, 9.17) is 14.9 Å². The summed E-state index contributed by atoms with van der Waals surface area (Å²) < 4.78 is 5.83. The van der Waals surface area contributed by atoms with E-state index in [1.54, 1.807) is 12.1 Å². The molecule has 3 aromatic rings. The van der Waals surface area contributed by atoms with Crippen molar-refractivity contribution in [3.8, 4) is 17.2 Å². The molecule has 0 amide bonds. The molecular weight excluding hydrogens is 787 g/mol. The average molecular weight is 846 g/mol. The molecule has 0 aliphatic heterocycles. The van der Waals surface area contributed by atoms with Crippen LogP contribution in [-0.2, 0) is 16.0 Å². The minimum absolute atomic E-state index is 0. The highest BCUT2D eigenvalue weighted by Gasteiger charge is 2.56. The number of nitrogens with one attached hydrogen (secondary N) is 4. The number of carbonyl (C=O) groups excluding carboxylic acids is 3. The summed E-state index contributed by atoms with van der Waals surface area (Å²) >= 11 is 0. The van der Waals surface area contributed by atoms with Crippen LogP contribution in [0, 0.1) is 17.3 Å². The number of aromatic hydroxyl groups is 3. The summed E-state index contributed by atoms with van der Waals surface area (Å²) in [5.41, 5.74) is 3.63. The molecule has 4 aliphatic carbocycles. The maximum Gasteiger partial charge on any atom is 0.305 e. The van der Waals surface area contributed by atoms with E-state index in [9.17, 15) is 29.7 Å². The summed E-state index contributed by atoms with van der Waals surface area (Å²) in [6, 6.07) is 11.7. The predicted octanol–water partition coefficient (Wildman–Crippen LogP) is 5.27. The van der Waals surface area contributed by atoms with Gasteiger partial charge in [0.1, 0.15) is 23.4 Å². The van der Waals surface area contributed by atoms with E-state index in [-0.39, 0.29) is 89.3 Å². The molecule has 0 spiro atoms. The van der Waals surface area contributed by atoms with Crippen LogP contribution in [0.3, 0.4) is 0 Å². The van der Waals surface area contributed by atoms with Gasteiger partial charge in [0.2, 0.25) is 11.6 Å². The SMILES string of the molecule is CCC(=O)OC1CCC2C3CCc4cc(O)ccc4C3CCC12C.Cl.Cl.O=C1c2c(O)ccc(O)c2C(=O)c2c(NCCNCCO)ccc(NCCNCCO)c21. The first-order chi connectivity index (χ1) is 27.0. The molecule has 7 rings (SSSR count). The highest BCUT2D eigenvalue weighted by molar-refractivity contribution is 6.33. The van der Waals surface area contributed by atoms with Gasteiger partial charge in [0.05, 0.1) is 35.5 Å². The van der Waals surface area contributed by atoms with Gasteiger partial charge in [0.15, 0.2) is 0 Å². The maximum absolute atomic E-state index is 13.4. The summed E-state index contributed by atoms with van der Waals surface area (Å²) in [4.78, 5) is 38.6. The first-order valence-electron chi connectivity index (χ1n) is 20.0. The van der Waals surface area contributed by atoms with E-state index in [1.807, 2.05) is 19.1 Å². The second-order valence-electron chi connectivity index (χ2n) is 15.5. The van der Waals surface area contributed by atoms with Gasteiger partial charge < -0.3 is 51.5 Å². The zero-order valence-electron chi connectivity index (χ0n) is 33.1. The Hall–Kier alpha value is -4.11. The van der Waals surface area contributed by atoms with Crippen LogP contribution in [0.25, 0.3) is 0 Å². The maximum atomic E-state index is 13.4. The fraction of sp³-hybridized carbons (Fsp3) is 0.512. The van der Waals surface area contributed by atoms with E-state index in [1.165, 1.54) is 42.5 Å². The van der Waals surface area contributed by atoms with E-state index < -0.39 is 11.6 Å². The molecule has 0 bridgehead atoms. The van der Waals surface area contributed by atoms with Gasteiger partial charge in [-0.1, -0.05) is 19.9 Å². The molecular formula is C43H58Cl2N4O9. The zero-order valence-corrected chi connectivity index (χ0v) is 34.8. The van der Waals surface area contributed by atoms with E-state index >= 15 is 0 Å². The number of hydrogen-bond acceptors (Lipinski definition) is 13. The minimum atomic E-state index is -0.559. The number of hydrogen-bond donors (Lipinski definition) is 9. The molecule has 0 heterocycles. The van der Waals surface area contributed by atoms with Gasteiger partial charge in [-0.05, 0) is 104 Å². The first-order valence-corrected chi connectivity index (χ1v) is 20.0. The number of ketones is 2. The summed E-state index contributed by atoms with van der Waals surface area (Å²) in [6.45, 7) is 7.05. The number of rotatable bonds is 14. The van der Waals surface area contributed by atoms with Crippen molar-refractivity contribution in [1.29, 1.82) is 0 Å². The van der Waals surface area contributed by atoms with Crippen molar-refractivity contribution in [2.45, 2.75) is 70.8 Å². The van der Waals surface area contributed by atoms with Gasteiger partial charge in [-0.15, -0.1) is 24.8 Å². The molecule has 318 valence electrons. The third-order valence-corrected chi connectivity index (χ3v) is 12.3. The summed E-state index contributed by atoms with van der Waals surface area (Å²) in [5, 5.41) is 60.3. The quantitative estimate of drug-likeness (QED) is 0.0451. The van der Waals surface area contributed by atoms with Gasteiger partial charge >= 0.3 is 5.97 Å². The molecule has 4 aliphatic rings. The smallest absolute Gasteiger partial charge is 0.305 e. The van der Waals surface area contributed by atoms with Crippen LogP contribution in [0.1, 0.15) is 101 Å². The first kappa shape index (κ1) is 46.6. The van der Waals surface area contributed by atoms with Crippen molar-refractivity contribution in [1.82, 2.24) is 10.6 Å². The number of aliphatic hydroxyl groups excluding tert-OH is 2. The number of esters is 1. The van der Waals surface area contributed by atoms with Gasteiger partial charge in [0.25, 0.3) is 0 Å². The zero-order chi connectivity index (χ0) is 40.0. The van der Waals surface area contributed by atoms with Crippen LogP contribution in [-0.4, -0.2) is 102 Å². The normalized spacial score (nSPS) is 22.3. The van der Waals surface area contributed by atoms with Crippen molar-refractivity contribution in [2.24, 2.45) is 17.3 Å². The molecule has 13 nitrogen and oxygen atoms in total. The fourth-order valence-corrected chi connectivity index (χ4v) is 9.59. The highest BCUT2D eigenvalue weighted by Crippen LogP contribution is 2.61. The van der Waals surface area contributed by atoms with Crippen LogP contribution < -0.4 is 21.3 Å². The number of phenols is 3. The topological polar surface area (TPSA) is 210 Å². The number of benzene rings is 3. The lowest BCUT2D eigenvalue weighted by Gasteiger charge is -2.50. The molecule has 15 heteroatoms. The van der Waals surface area contributed by atoms with Crippen molar-refractivity contribution in [2.75, 3.05) is 63.1 Å². The Bertz CT molecular complexity index is 1850. The Balaban J connectivity index is 0.000000256. The molecule has 0 radical (unpaired) electrons. The molecule has 2 fully saturated rings. The average Bonchev–Trinajstić information content (AvgIpc) is 3.53. The fourth-order valence-electron chi connectivity index (χ4n) is 9.59. The minimum Gasteiger partial charge on any atom is -0.508 e. The van der Waals surface area contributed by atoms with Crippen molar-refractivity contribution in [3.63, 3.8) is 0 Å². The third kappa shape index (κ3) is 9.51. The number of fused-ring (bicyclic) bond motifs is 7. The van der Waals surface area contributed by atoms with Crippen LogP contribution in [0.15, 0.2) is 42.5 Å². The molecule has 3 aromatic carbocycles. The van der Waals surface area contributed by atoms with Crippen LogP contribution in [0.5, 0.6) is 17.2 Å². The number of carbonyl (C=O) groups is 3. The molecule has 0 aromatic heterocycles. The van der Waals surface area contributed by atoms with Crippen molar-refractivity contribution in [3.05, 3.63) is 75.8 Å². The Kier molecular flexibility index (Phi) is 16.6. The second-order valence-corrected chi connectivity index (χ2v) is 15.5. The molecule has 58 heavy (non-hydrogen) atoms. The van der Waals surface area contributed by atoms with E-state index in [2.05, 4.69) is 34.3 Å². The van der Waals surface area contributed by atoms with Crippen LogP contribution in [0.4, 0.5) is 11.4 Å². The van der Waals surface area contributed by atoms with Crippen LogP contribution in [0.2, 0.25) is 0 Å². The van der Waals surface area contributed by atoms with Gasteiger partial charge in [-0.2, -0.15) is 0 Å². The summed E-state index contributed by atoms with van der Waals surface area (Å²) in [7, 11) is 0. The van der Waals surface area contributed by atoms with E-state index in [0.717, 1.165) is 19.3 Å². The number of ether oxygens (including phenoxy) is 1. The summed E-state index contributed by atoms with van der Waals surface area (Å²) in [6.07, 6.45) is 7.38. The highest BCUT2D eigenvalue weighted by atomic mass is 35.5. The molecule has 9 N–H and O–H groups in total. The van der Waals surface area contributed by atoms with Gasteiger partial charge in [0, 0.05) is 62.5 Å². The largest absolute Gasteiger partial charge is 0.508 e. The lowest BCUT2D eigenvalue weighted by atomic mass is 9.55. The lowest BCUT2D eigenvalue weighted by molar-refractivity contribution is -0.157. The second kappa shape index (κ2) is 20.7. The van der Waals surface area contributed by atoms with Crippen molar-refractivity contribution < 1.29 is 44.7 Å². The number of halogens is 2. The lowest BCUT2D eigenvalue weighted by Crippen LogP contribution is -2.45. The third-order valence-electron chi connectivity index (χ3n) is 12.3. The van der Waals surface area contributed by atoms with E-state index in [0.29, 0.717) is 80.6 Å². The Morgan fingerprint density at radius 3 is 1.84 bits per heavy atom. The predicted molar refractivity (Wildman–Crippen MR) is 227 cm³/mol. The molecule has 5 atom stereocenters. The number of aryl methyl sites for hydroxylation is 1. The van der Waals surface area contributed by atoms with Gasteiger partial charge in [-0.3, -0.25) is 14.4 Å². The number of anilines is 2. The number of aliphatic hydroxyl groups is 2. The monoisotopic (exact) mass is 844 g/mol. The van der Waals surface area contributed by atoms with Gasteiger partial charge in [-0.25, -0.2) is 0 Å². The summed E-state index contributed by atoms with van der Waals surface area (Å²) in [5.74, 6) is 0.459. The Morgan fingerprint density at radius 2 is 1.31 bits per heavy atom. The molecule has 2 saturated carbocycles. The Labute approximate surface area is 352 Å². The van der Waals surface area contributed by atoms with Crippen LogP contribution >= 0.6 is 24.8 Å². The molecule has 0 saturated heterocycles. The number of phenolic OH excluding ortho intramolecular Hbond substituents is 3. The van der Waals surface area contributed by atoms with Crippen molar-refractivity contribution >= 4 is 53.7 Å². The standard InChI is InChI=1S/C22H28N4O6.C21H28O3.2ClH/c27-11-9-23-5-7-25-13-1-2-14(26-8-6-24-10-12-28)18-17(13)21(31)19-15(29)3-4-16(30)20(19)22(18)32;1-3-20(23)24-19-9-8-18-17-6-4-13-12-14(22)5-7-15(13)16(17)10-11-21(18,19)2;;/h1-4,23-30H,5-12H2;5,7,12,16-19,22H,3-4,6,8-11H2,1-2H3;2*1H. The Morgan fingerprint density at radius 1 is 0.741 bits per heavy atom.